The zero-order chi connectivity index (χ0) is 19.3. The van der Waals surface area contributed by atoms with Crippen molar-refractivity contribution in [2.45, 2.75) is 0 Å². The third kappa shape index (κ3) is 8.78. The fraction of sp³-hybridized carbons (Fsp3) is 0.500. The van der Waals surface area contributed by atoms with Crippen molar-refractivity contribution < 1.29 is 9.47 Å². The summed E-state index contributed by atoms with van der Waals surface area (Å²) in [5.41, 5.74) is 11.8. The Bertz CT molecular complexity index is 601. The summed E-state index contributed by atoms with van der Waals surface area (Å²) in [7, 11) is 0. The largest absolute Gasteiger partial charge is 0.396 e. The number of morpholine rings is 2. The minimum Gasteiger partial charge on any atom is -0.396 e. The summed E-state index contributed by atoms with van der Waals surface area (Å²) in [6.45, 7) is 7.02. The fourth-order valence-electron chi connectivity index (χ4n) is 2.10. The Morgan fingerprint density at radius 1 is 0.815 bits per heavy atom. The number of nitrogens with zero attached hydrogens (tertiary/aromatic N) is 5. The number of nitrogens with one attached hydrogen (secondary N) is 1. The normalized spacial score (nSPS) is 16.4. The highest BCUT2D eigenvalue weighted by Gasteiger charge is 2.12. The molecule has 2 aromatic rings. The Labute approximate surface area is 163 Å². The third-order valence-corrected chi connectivity index (χ3v) is 3.63. The molecule has 2 aliphatic heterocycles. The SMILES string of the molecule is C1COCCN1.Nc1cnc(Cl)nc1.Nc1cnc(N2CCOCC2)nc1. The van der Waals surface area contributed by atoms with E-state index in [2.05, 4.69) is 30.2 Å². The number of rotatable bonds is 1. The third-order valence-electron chi connectivity index (χ3n) is 3.44. The zero-order valence-electron chi connectivity index (χ0n) is 15.1. The van der Waals surface area contributed by atoms with Crippen molar-refractivity contribution in [1.29, 1.82) is 0 Å². The van der Waals surface area contributed by atoms with Crippen LogP contribution in [0.3, 0.4) is 0 Å². The van der Waals surface area contributed by atoms with Gasteiger partial charge in [0.1, 0.15) is 0 Å². The topological polar surface area (TPSA) is 137 Å². The lowest BCUT2D eigenvalue weighted by Gasteiger charge is -2.26. The van der Waals surface area contributed by atoms with Crippen LogP contribution < -0.4 is 21.7 Å². The van der Waals surface area contributed by atoms with Crippen molar-refractivity contribution in [2.75, 3.05) is 69.0 Å². The van der Waals surface area contributed by atoms with Crippen molar-refractivity contribution in [3.63, 3.8) is 0 Å². The number of aromatic nitrogens is 4. The lowest BCUT2D eigenvalue weighted by Crippen LogP contribution is -2.37. The first kappa shape index (κ1) is 21.0. The van der Waals surface area contributed by atoms with E-state index in [-0.39, 0.29) is 5.28 Å². The van der Waals surface area contributed by atoms with Crippen molar-refractivity contribution in [1.82, 2.24) is 25.3 Å². The van der Waals surface area contributed by atoms with E-state index in [0.29, 0.717) is 11.4 Å². The highest BCUT2D eigenvalue weighted by atomic mass is 35.5. The minimum atomic E-state index is 0.221. The molecule has 0 bridgehead atoms. The van der Waals surface area contributed by atoms with Crippen molar-refractivity contribution in [3.05, 3.63) is 30.1 Å². The van der Waals surface area contributed by atoms with Crippen molar-refractivity contribution in [3.8, 4) is 0 Å². The molecule has 0 aromatic carbocycles. The van der Waals surface area contributed by atoms with Gasteiger partial charge in [-0.25, -0.2) is 19.9 Å². The van der Waals surface area contributed by atoms with Gasteiger partial charge in [0.15, 0.2) is 0 Å². The molecule has 148 valence electrons. The van der Waals surface area contributed by atoms with Gasteiger partial charge in [-0.15, -0.1) is 0 Å². The molecule has 27 heavy (non-hydrogen) atoms. The van der Waals surface area contributed by atoms with E-state index in [1.54, 1.807) is 12.4 Å². The summed E-state index contributed by atoms with van der Waals surface area (Å²) in [5.74, 6) is 0.734. The van der Waals surface area contributed by atoms with Gasteiger partial charge in [-0.05, 0) is 11.6 Å². The molecule has 2 aliphatic rings. The van der Waals surface area contributed by atoms with Crippen LogP contribution in [0.2, 0.25) is 5.28 Å². The first-order chi connectivity index (χ1) is 13.1. The second-order valence-corrected chi connectivity index (χ2v) is 5.90. The van der Waals surface area contributed by atoms with Crippen LogP contribution in [0.4, 0.5) is 17.3 Å². The van der Waals surface area contributed by atoms with Gasteiger partial charge in [0.05, 0.1) is 62.6 Å². The second-order valence-electron chi connectivity index (χ2n) is 5.56. The molecule has 2 aromatic heterocycles. The molecule has 0 radical (unpaired) electrons. The van der Waals surface area contributed by atoms with Gasteiger partial charge in [-0.3, -0.25) is 0 Å². The molecule has 0 unspecified atom stereocenters. The zero-order valence-corrected chi connectivity index (χ0v) is 15.8. The average Bonchev–Trinajstić information content (AvgIpc) is 2.74. The Morgan fingerprint density at radius 3 is 1.70 bits per heavy atom. The molecular weight excluding hydrogens is 372 g/mol. The highest BCUT2D eigenvalue weighted by molar-refractivity contribution is 6.28. The summed E-state index contributed by atoms with van der Waals surface area (Å²) in [6, 6.07) is 0. The Balaban J connectivity index is 0.000000159. The van der Waals surface area contributed by atoms with Gasteiger partial charge < -0.3 is 31.2 Å². The summed E-state index contributed by atoms with van der Waals surface area (Å²) in [6.07, 6.45) is 6.15. The standard InChI is InChI=1S/C8H12N4O.C4H4ClN3.C4H9NO/c9-7-5-10-8(11-6-7)12-1-3-13-4-2-12;5-4-7-1-3(6)2-8-4;1-3-6-4-2-5-1/h5-6H,1-4,9H2;1-2H,6H2;5H,1-4H2. The molecule has 10 nitrogen and oxygen atoms in total. The molecule has 2 fully saturated rings. The molecule has 0 aliphatic carbocycles. The summed E-state index contributed by atoms with van der Waals surface area (Å²) in [4.78, 5) is 17.6. The Hall–Kier alpha value is -2.27. The molecule has 5 N–H and O–H groups in total. The quantitative estimate of drug-likeness (QED) is 0.573. The van der Waals surface area contributed by atoms with E-state index in [1.165, 1.54) is 12.4 Å². The van der Waals surface area contributed by atoms with Crippen LogP contribution >= 0.6 is 11.6 Å². The fourth-order valence-corrected chi connectivity index (χ4v) is 2.19. The van der Waals surface area contributed by atoms with Crippen LogP contribution in [0.5, 0.6) is 0 Å². The van der Waals surface area contributed by atoms with Crippen LogP contribution in [0.15, 0.2) is 24.8 Å². The maximum Gasteiger partial charge on any atom is 0.225 e. The molecule has 4 heterocycles. The monoisotopic (exact) mass is 396 g/mol. The molecule has 0 saturated carbocycles. The van der Waals surface area contributed by atoms with Gasteiger partial charge in [0.2, 0.25) is 11.2 Å². The van der Waals surface area contributed by atoms with Gasteiger partial charge in [-0.2, -0.15) is 0 Å². The Kier molecular flexibility index (Phi) is 9.49. The van der Waals surface area contributed by atoms with Gasteiger partial charge in [0, 0.05) is 26.2 Å². The predicted octanol–water partition coefficient (Wildman–Crippen LogP) is 0.214. The van der Waals surface area contributed by atoms with E-state index in [1.807, 2.05) is 0 Å². The molecule has 0 spiro atoms. The average molecular weight is 397 g/mol. The number of hydrogen-bond donors (Lipinski definition) is 3. The van der Waals surface area contributed by atoms with Gasteiger partial charge in [-0.1, -0.05) is 0 Å². The number of ether oxygens (including phenoxy) is 2. The number of halogens is 1. The van der Waals surface area contributed by atoms with E-state index in [4.69, 9.17) is 32.5 Å². The second kappa shape index (κ2) is 12.2. The molecule has 0 atom stereocenters. The van der Waals surface area contributed by atoms with Gasteiger partial charge >= 0.3 is 0 Å². The smallest absolute Gasteiger partial charge is 0.225 e. The van der Waals surface area contributed by atoms with Crippen molar-refractivity contribution >= 4 is 28.9 Å². The lowest BCUT2D eigenvalue weighted by molar-refractivity contribution is 0.109. The molecule has 11 heteroatoms. The van der Waals surface area contributed by atoms with Crippen LogP contribution in [0.1, 0.15) is 0 Å². The van der Waals surface area contributed by atoms with E-state index < -0.39 is 0 Å². The lowest BCUT2D eigenvalue weighted by atomic mass is 10.4. The van der Waals surface area contributed by atoms with Crippen LogP contribution in [0, 0.1) is 0 Å². The van der Waals surface area contributed by atoms with Gasteiger partial charge in [0.25, 0.3) is 0 Å². The molecule has 2 saturated heterocycles. The van der Waals surface area contributed by atoms with Crippen LogP contribution in [-0.4, -0.2) is 72.5 Å². The van der Waals surface area contributed by atoms with E-state index in [0.717, 1.165) is 58.6 Å². The van der Waals surface area contributed by atoms with E-state index >= 15 is 0 Å². The summed E-state index contributed by atoms with van der Waals surface area (Å²) in [5, 5.41) is 3.38. The first-order valence-electron chi connectivity index (χ1n) is 8.57. The summed E-state index contributed by atoms with van der Waals surface area (Å²) < 4.78 is 10.2. The number of hydrogen-bond acceptors (Lipinski definition) is 10. The predicted molar refractivity (Wildman–Crippen MR) is 105 cm³/mol. The van der Waals surface area contributed by atoms with E-state index in [9.17, 15) is 0 Å². The maximum absolute atomic E-state index is 5.49. The molecule has 4 rings (SSSR count). The number of nitrogen functional groups attached to an aromatic ring is 2. The first-order valence-corrected chi connectivity index (χ1v) is 8.94. The van der Waals surface area contributed by atoms with Crippen molar-refractivity contribution in [2.24, 2.45) is 0 Å². The van der Waals surface area contributed by atoms with Crippen LogP contribution in [-0.2, 0) is 9.47 Å². The maximum atomic E-state index is 5.49. The highest BCUT2D eigenvalue weighted by Crippen LogP contribution is 2.09. The van der Waals surface area contributed by atoms with Crippen LogP contribution in [0.25, 0.3) is 0 Å². The summed E-state index contributed by atoms with van der Waals surface area (Å²) >= 11 is 5.33. The minimum absolute atomic E-state index is 0.221. The Morgan fingerprint density at radius 2 is 1.30 bits per heavy atom. The molecular formula is C16H25ClN8O2. The number of nitrogens with two attached hydrogens (primary N) is 2. The molecule has 0 amide bonds. The number of anilines is 3.